The number of piperidine rings is 2. The second kappa shape index (κ2) is 8.78. The molecule has 0 bridgehead atoms. The highest BCUT2D eigenvalue weighted by Gasteiger charge is 2.41. The van der Waals surface area contributed by atoms with E-state index in [0.717, 1.165) is 44.6 Å². The van der Waals surface area contributed by atoms with Crippen LogP contribution in [0.3, 0.4) is 0 Å². The summed E-state index contributed by atoms with van der Waals surface area (Å²) in [7, 11) is 0. The molecule has 0 spiro atoms. The predicted octanol–water partition coefficient (Wildman–Crippen LogP) is 1.90. The molecule has 7 heteroatoms. The van der Waals surface area contributed by atoms with Crippen LogP contribution in [0.5, 0.6) is 0 Å². The number of hydrogen-bond donors (Lipinski definition) is 2. The molecule has 4 rings (SSSR count). The number of likely N-dealkylation sites (tertiary alicyclic amines) is 1. The van der Waals surface area contributed by atoms with Crippen molar-refractivity contribution in [2.45, 2.75) is 44.2 Å². The van der Waals surface area contributed by atoms with Crippen molar-refractivity contribution in [3.63, 3.8) is 0 Å². The van der Waals surface area contributed by atoms with Crippen LogP contribution in [0.4, 0.5) is 0 Å². The van der Waals surface area contributed by atoms with Gasteiger partial charge in [-0.15, -0.1) is 0 Å². The number of benzene rings is 1. The van der Waals surface area contributed by atoms with Gasteiger partial charge in [0, 0.05) is 37.6 Å². The zero-order chi connectivity index (χ0) is 20.1. The maximum Gasteiger partial charge on any atom is 0.253 e. The van der Waals surface area contributed by atoms with Gasteiger partial charge >= 0.3 is 0 Å². The van der Waals surface area contributed by atoms with Gasteiger partial charge in [0.05, 0.1) is 0 Å². The molecule has 2 amide bonds. The Balaban J connectivity index is 1.39. The minimum absolute atomic E-state index is 0.00355. The molecule has 2 aromatic rings. The van der Waals surface area contributed by atoms with Crippen LogP contribution in [0.25, 0.3) is 0 Å². The van der Waals surface area contributed by atoms with E-state index in [2.05, 4.69) is 15.7 Å². The molecule has 7 nitrogen and oxygen atoms in total. The van der Waals surface area contributed by atoms with E-state index in [4.69, 9.17) is 0 Å². The van der Waals surface area contributed by atoms with Gasteiger partial charge < -0.3 is 15.5 Å². The number of aromatic nitrogens is 2. The lowest BCUT2D eigenvalue weighted by Gasteiger charge is -2.36. The van der Waals surface area contributed by atoms with Gasteiger partial charge in [0.15, 0.2) is 0 Å². The highest BCUT2D eigenvalue weighted by atomic mass is 16.2. The molecule has 0 aliphatic carbocycles. The van der Waals surface area contributed by atoms with E-state index in [0.29, 0.717) is 24.9 Å². The van der Waals surface area contributed by atoms with E-state index in [1.54, 1.807) is 10.9 Å². The standard InChI is InChI=1S/C22H29N5O2/c28-20(26-14-2-1-3-15-26)19-7-5-18(6-8-19)17-24-21(29)22(9-12-23-13-10-22)27-16-4-11-25-27/h4-8,11,16,23H,1-3,9-10,12-15,17H2,(H,24,29). The van der Waals surface area contributed by atoms with Crippen molar-refractivity contribution in [3.8, 4) is 0 Å². The molecule has 2 aliphatic heterocycles. The third-order valence-corrected chi connectivity index (χ3v) is 6.09. The van der Waals surface area contributed by atoms with Gasteiger partial charge in [-0.3, -0.25) is 14.3 Å². The monoisotopic (exact) mass is 395 g/mol. The summed E-state index contributed by atoms with van der Waals surface area (Å²) in [6.07, 6.45) is 8.39. The fraction of sp³-hybridized carbons (Fsp3) is 0.500. The van der Waals surface area contributed by atoms with E-state index in [1.165, 1.54) is 6.42 Å². The number of nitrogens with one attached hydrogen (secondary N) is 2. The first kappa shape index (κ1) is 19.6. The van der Waals surface area contributed by atoms with E-state index < -0.39 is 5.54 Å². The van der Waals surface area contributed by atoms with E-state index in [-0.39, 0.29) is 11.8 Å². The lowest BCUT2D eigenvalue weighted by atomic mass is 9.87. The minimum atomic E-state index is -0.640. The van der Waals surface area contributed by atoms with Crippen LogP contribution >= 0.6 is 0 Å². The molecule has 2 aliphatic rings. The van der Waals surface area contributed by atoms with Crippen LogP contribution in [0.15, 0.2) is 42.7 Å². The van der Waals surface area contributed by atoms with Crippen molar-refractivity contribution in [2.24, 2.45) is 0 Å². The van der Waals surface area contributed by atoms with Gasteiger partial charge in [0.2, 0.25) is 5.91 Å². The van der Waals surface area contributed by atoms with Crippen LogP contribution in [-0.4, -0.2) is 52.7 Å². The number of rotatable bonds is 5. The second-order valence-corrected chi connectivity index (χ2v) is 7.96. The lowest BCUT2D eigenvalue weighted by Crippen LogP contribution is -2.54. The molecule has 1 aromatic heterocycles. The maximum atomic E-state index is 13.1. The average molecular weight is 396 g/mol. The molecule has 1 aromatic carbocycles. The molecule has 0 radical (unpaired) electrons. The Labute approximate surface area is 171 Å². The third kappa shape index (κ3) is 4.19. The highest BCUT2D eigenvalue weighted by molar-refractivity contribution is 5.94. The summed E-state index contributed by atoms with van der Waals surface area (Å²) in [5.74, 6) is 0.101. The zero-order valence-electron chi connectivity index (χ0n) is 16.8. The number of carbonyl (C=O) groups excluding carboxylic acids is 2. The number of nitrogens with zero attached hydrogens (tertiary/aromatic N) is 3. The van der Waals surface area contributed by atoms with Gasteiger partial charge in [0.1, 0.15) is 5.54 Å². The number of hydrogen-bond acceptors (Lipinski definition) is 4. The molecule has 0 atom stereocenters. The molecule has 29 heavy (non-hydrogen) atoms. The molecule has 3 heterocycles. The van der Waals surface area contributed by atoms with Gasteiger partial charge in [-0.2, -0.15) is 5.10 Å². The fourth-order valence-corrected chi connectivity index (χ4v) is 4.31. The van der Waals surface area contributed by atoms with Crippen LogP contribution in [0, 0.1) is 0 Å². The van der Waals surface area contributed by atoms with E-state index in [1.807, 2.05) is 41.4 Å². The predicted molar refractivity (Wildman–Crippen MR) is 110 cm³/mol. The van der Waals surface area contributed by atoms with Crippen LogP contribution < -0.4 is 10.6 Å². The smallest absolute Gasteiger partial charge is 0.253 e. The van der Waals surface area contributed by atoms with E-state index in [9.17, 15) is 9.59 Å². The summed E-state index contributed by atoms with van der Waals surface area (Å²) < 4.78 is 1.80. The third-order valence-electron chi connectivity index (χ3n) is 6.09. The van der Waals surface area contributed by atoms with Crippen molar-refractivity contribution in [3.05, 3.63) is 53.9 Å². The Hall–Kier alpha value is -2.67. The Bertz CT molecular complexity index is 819. The van der Waals surface area contributed by atoms with Crippen LogP contribution in [0.2, 0.25) is 0 Å². The van der Waals surface area contributed by atoms with E-state index >= 15 is 0 Å². The summed E-state index contributed by atoms with van der Waals surface area (Å²) in [6.45, 7) is 3.72. The minimum Gasteiger partial charge on any atom is -0.350 e. The first-order chi connectivity index (χ1) is 14.2. The number of carbonyl (C=O) groups is 2. The summed E-state index contributed by atoms with van der Waals surface area (Å²) in [6, 6.07) is 9.45. The van der Waals surface area contributed by atoms with Gasteiger partial charge in [0.25, 0.3) is 5.91 Å². The van der Waals surface area contributed by atoms with Gasteiger partial charge in [-0.25, -0.2) is 0 Å². The Morgan fingerprint density at radius 1 is 1.07 bits per heavy atom. The highest BCUT2D eigenvalue weighted by Crippen LogP contribution is 2.27. The molecule has 0 saturated carbocycles. The van der Waals surface area contributed by atoms with Crippen molar-refractivity contribution < 1.29 is 9.59 Å². The average Bonchev–Trinajstić information content (AvgIpc) is 3.34. The Kier molecular flexibility index (Phi) is 5.94. The van der Waals surface area contributed by atoms with Crippen LogP contribution in [-0.2, 0) is 16.9 Å². The SMILES string of the molecule is O=C(c1ccc(CNC(=O)C2(n3cccn3)CCNCC2)cc1)N1CCCCC1. The summed E-state index contributed by atoms with van der Waals surface area (Å²) >= 11 is 0. The van der Waals surface area contributed by atoms with Crippen molar-refractivity contribution in [1.82, 2.24) is 25.3 Å². The molecule has 154 valence electrons. The van der Waals surface area contributed by atoms with Crippen molar-refractivity contribution in [2.75, 3.05) is 26.2 Å². The first-order valence-electron chi connectivity index (χ1n) is 10.6. The molecule has 0 unspecified atom stereocenters. The second-order valence-electron chi connectivity index (χ2n) is 7.96. The summed E-state index contributed by atoms with van der Waals surface area (Å²) in [4.78, 5) is 27.6. The largest absolute Gasteiger partial charge is 0.350 e. The normalized spacial score (nSPS) is 19.0. The first-order valence-corrected chi connectivity index (χ1v) is 10.6. The summed E-state index contributed by atoms with van der Waals surface area (Å²) in [5.41, 5.74) is 1.06. The quantitative estimate of drug-likeness (QED) is 0.811. The Morgan fingerprint density at radius 2 is 1.79 bits per heavy atom. The molecular formula is C22H29N5O2. The van der Waals surface area contributed by atoms with Crippen molar-refractivity contribution in [1.29, 1.82) is 0 Å². The van der Waals surface area contributed by atoms with Crippen molar-refractivity contribution >= 4 is 11.8 Å². The lowest BCUT2D eigenvalue weighted by molar-refractivity contribution is -0.132. The molecule has 2 fully saturated rings. The Morgan fingerprint density at radius 3 is 2.45 bits per heavy atom. The van der Waals surface area contributed by atoms with Gasteiger partial charge in [-0.1, -0.05) is 12.1 Å². The molecule has 2 N–H and O–H groups in total. The fourth-order valence-electron chi connectivity index (χ4n) is 4.31. The molecule has 2 saturated heterocycles. The topological polar surface area (TPSA) is 79.3 Å². The molecular weight excluding hydrogens is 366 g/mol. The summed E-state index contributed by atoms with van der Waals surface area (Å²) in [5, 5.41) is 10.8. The van der Waals surface area contributed by atoms with Gasteiger partial charge in [-0.05, 0) is 69.0 Å². The number of amides is 2. The zero-order valence-corrected chi connectivity index (χ0v) is 16.8. The van der Waals surface area contributed by atoms with Crippen LogP contribution in [0.1, 0.15) is 48.0 Å². The maximum absolute atomic E-state index is 13.1.